The third-order valence-electron chi connectivity index (χ3n) is 2.18. The van der Waals surface area contributed by atoms with Crippen molar-refractivity contribution in [3.8, 4) is 11.3 Å². The second kappa shape index (κ2) is 4.26. The second-order valence-corrected chi connectivity index (χ2v) is 4.38. The molecule has 2 rings (SSSR count). The summed E-state index contributed by atoms with van der Waals surface area (Å²) in [6.45, 7) is 2.02. The van der Waals surface area contributed by atoms with Crippen molar-refractivity contribution < 1.29 is 4.39 Å². The van der Waals surface area contributed by atoms with E-state index >= 15 is 0 Å². The van der Waals surface area contributed by atoms with Crippen LogP contribution in [0.2, 0.25) is 0 Å². The van der Waals surface area contributed by atoms with Gasteiger partial charge in [0.1, 0.15) is 5.82 Å². The summed E-state index contributed by atoms with van der Waals surface area (Å²) < 4.78 is 14.1. The lowest BCUT2D eigenvalue weighted by Gasteiger charge is -2.05. The van der Waals surface area contributed by atoms with Crippen molar-refractivity contribution in [1.82, 2.24) is 4.98 Å². The van der Waals surface area contributed by atoms with Gasteiger partial charge in [-0.2, -0.15) is 0 Å². The molecule has 0 unspecified atom stereocenters. The Hall–Kier alpha value is -0.970. The Kier molecular flexibility index (Phi) is 3.00. The Morgan fingerprint density at radius 2 is 2.07 bits per heavy atom. The van der Waals surface area contributed by atoms with E-state index in [0.717, 1.165) is 20.4 Å². The molecule has 0 radical (unpaired) electrons. The van der Waals surface area contributed by atoms with Crippen molar-refractivity contribution in [2.45, 2.75) is 6.92 Å². The van der Waals surface area contributed by atoms with Crippen LogP contribution in [-0.2, 0) is 0 Å². The normalized spacial score (nSPS) is 10.3. The quantitative estimate of drug-likeness (QED) is 0.730. The van der Waals surface area contributed by atoms with Crippen LogP contribution in [0.1, 0.15) is 5.56 Å². The van der Waals surface area contributed by atoms with Gasteiger partial charge in [-0.05, 0) is 53.3 Å². The molecule has 0 amide bonds. The van der Waals surface area contributed by atoms with E-state index in [1.54, 1.807) is 12.3 Å². The molecule has 0 saturated carbocycles. The summed E-state index contributed by atoms with van der Waals surface area (Å²) in [6.07, 6.45) is 1.75. The van der Waals surface area contributed by atoms with E-state index in [-0.39, 0.29) is 5.82 Å². The average molecular weight is 313 g/mol. The Morgan fingerprint density at radius 3 is 2.80 bits per heavy atom. The second-order valence-electron chi connectivity index (χ2n) is 3.30. The number of hydrogen-bond donors (Lipinski definition) is 0. The Labute approximate surface area is 102 Å². The molecule has 0 aliphatic heterocycles. The number of hydrogen-bond acceptors (Lipinski definition) is 1. The highest BCUT2D eigenvalue weighted by Crippen LogP contribution is 2.25. The SMILES string of the molecule is Cc1ccnc(-c2cccc(F)c2)c1I. The predicted molar refractivity (Wildman–Crippen MR) is 67.1 cm³/mol. The first kappa shape index (κ1) is 10.5. The largest absolute Gasteiger partial charge is 0.255 e. The minimum Gasteiger partial charge on any atom is -0.255 e. The van der Waals surface area contributed by atoms with Crippen molar-refractivity contribution >= 4 is 22.6 Å². The molecule has 1 aromatic heterocycles. The maximum Gasteiger partial charge on any atom is 0.123 e. The first-order chi connectivity index (χ1) is 7.18. The molecular formula is C12H9FIN. The molecule has 2 aromatic rings. The molecule has 0 atom stereocenters. The maximum absolute atomic E-state index is 13.1. The smallest absolute Gasteiger partial charge is 0.123 e. The van der Waals surface area contributed by atoms with Crippen LogP contribution < -0.4 is 0 Å². The molecule has 0 saturated heterocycles. The summed E-state index contributed by atoms with van der Waals surface area (Å²) >= 11 is 2.24. The van der Waals surface area contributed by atoms with Gasteiger partial charge >= 0.3 is 0 Å². The molecule has 1 nitrogen and oxygen atoms in total. The van der Waals surface area contributed by atoms with Crippen LogP contribution in [-0.4, -0.2) is 4.98 Å². The third-order valence-corrected chi connectivity index (χ3v) is 3.54. The summed E-state index contributed by atoms with van der Waals surface area (Å²) in [6, 6.07) is 8.46. The molecule has 15 heavy (non-hydrogen) atoms. The van der Waals surface area contributed by atoms with Gasteiger partial charge in [0.15, 0.2) is 0 Å². The predicted octanol–water partition coefficient (Wildman–Crippen LogP) is 3.80. The minimum atomic E-state index is -0.230. The standard InChI is InChI=1S/C12H9FIN/c1-8-5-6-15-12(11(8)14)9-3-2-4-10(13)7-9/h2-7H,1H3. The molecule has 0 aliphatic rings. The van der Waals surface area contributed by atoms with E-state index in [9.17, 15) is 4.39 Å². The molecule has 0 aliphatic carbocycles. The molecule has 0 bridgehead atoms. The van der Waals surface area contributed by atoms with Crippen molar-refractivity contribution in [2.75, 3.05) is 0 Å². The first-order valence-electron chi connectivity index (χ1n) is 4.55. The molecular weight excluding hydrogens is 304 g/mol. The molecule has 0 fully saturated rings. The first-order valence-corrected chi connectivity index (χ1v) is 5.63. The summed E-state index contributed by atoms with van der Waals surface area (Å²) in [5, 5.41) is 0. The van der Waals surface area contributed by atoms with Crippen molar-refractivity contribution in [2.24, 2.45) is 0 Å². The molecule has 76 valence electrons. The van der Waals surface area contributed by atoms with Gasteiger partial charge in [0.05, 0.1) is 5.69 Å². The van der Waals surface area contributed by atoms with E-state index < -0.39 is 0 Å². The molecule has 0 spiro atoms. The zero-order chi connectivity index (χ0) is 10.8. The lowest BCUT2D eigenvalue weighted by Crippen LogP contribution is -1.91. The van der Waals surface area contributed by atoms with Crippen LogP contribution >= 0.6 is 22.6 Å². The lowest BCUT2D eigenvalue weighted by atomic mass is 10.1. The van der Waals surface area contributed by atoms with Gasteiger partial charge in [-0.1, -0.05) is 12.1 Å². The Morgan fingerprint density at radius 1 is 1.27 bits per heavy atom. The number of halogens is 2. The fourth-order valence-electron chi connectivity index (χ4n) is 1.38. The number of nitrogens with zero attached hydrogens (tertiary/aromatic N) is 1. The number of aryl methyl sites for hydroxylation is 1. The van der Waals surface area contributed by atoms with Crippen LogP contribution in [0, 0.1) is 16.3 Å². The molecule has 1 aromatic carbocycles. The van der Waals surface area contributed by atoms with Gasteiger partial charge in [0, 0.05) is 15.3 Å². The average Bonchev–Trinajstić information content (AvgIpc) is 2.22. The monoisotopic (exact) mass is 313 g/mol. The van der Waals surface area contributed by atoms with E-state index in [2.05, 4.69) is 27.6 Å². The van der Waals surface area contributed by atoms with Crippen LogP contribution in [0.4, 0.5) is 4.39 Å². The van der Waals surface area contributed by atoms with Gasteiger partial charge in [0.2, 0.25) is 0 Å². The van der Waals surface area contributed by atoms with E-state index in [1.807, 2.05) is 19.1 Å². The highest BCUT2D eigenvalue weighted by atomic mass is 127. The van der Waals surface area contributed by atoms with Crippen molar-refractivity contribution in [1.29, 1.82) is 0 Å². The van der Waals surface area contributed by atoms with Gasteiger partial charge in [-0.25, -0.2) is 4.39 Å². The molecule has 0 N–H and O–H groups in total. The fraction of sp³-hybridized carbons (Fsp3) is 0.0833. The number of benzene rings is 1. The Bertz CT molecular complexity index is 497. The van der Waals surface area contributed by atoms with Crippen LogP contribution in [0.5, 0.6) is 0 Å². The van der Waals surface area contributed by atoms with E-state index in [1.165, 1.54) is 12.1 Å². The highest BCUT2D eigenvalue weighted by Gasteiger charge is 2.06. The summed E-state index contributed by atoms with van der Waals surface area (Å²) in [7, 11) is 0. The lowest BCUT2D eigenvalue weighted by molar-refractivity contribution is 0.628. The summed E-state index contributed by atoms with van der Waals surface area (Å²) in [5.41, 5.74) is 2.82. The van der Waals surface area contributed by atoms with Gasteiger partial charge in [-0.15, -0.1) is 0 Å². The third kappa shape index (κ3) is 2.17. The zero-order valence-electron chi connectivity index (χ0n) is 8.17. The van der Waals surface area contributed by atoms with Crippen LogP contribution in [0.15, 0.2) is 36.5 Å². The fourth-order valence-corrected chi connectivity index (χ4v) is 2.01. The van der Waals surface area contributed by atoms with Gasteiger partial charge in [0.25, 0.3) is 0 Å². The maximum atomic E-state index is 13.1. The molecule has 1 heterocycles. The topological polar surface area (TPSA) is 12.9 Å². The summed E-state index contributed by atoms with van der Waals surface area (Å²) in [4.78, 5) is 4.28. The van der Waals surface area contributed by atoms with Crippen molar-refractivity contribution in [3.05, 3.63) is 51.5 Å². The Balaban J connectivity index is 2.59. The highest BCUT2D eigenvalue weighted by molar-refractivity contribution is 14.1. The zero-order valence-corrected chi connectivity index (χ0v) is 10.3. The minimum absolute atomic E-state index is 0.230. The number of pyridine rings is 1. The van der Waals surface area contributed by atoms with Gasteiger partial charge < -0.3 is 0 Å². The van der Waals surface area contributed by atoms with Crippen molar-refractivity contribution in [3.63, 3.8) is 0 Å². The summed E-state index contributed by atoms with van der Waals surface area (Å²) in [5.74, 6) is -0.230. The van der Waals surface area contributed by atoms with Crippen LogP contribution in [0.3, 0.4) is 0 Å². The van der Waals surface area contributed by atoms with Crippen LogP contribution in [0.25, 0.3) is 11.3 Å². The van der Waals surface area contributed by atoms with E-state index in [4.69, 9.17) is 0 Å². The number of rotatable bonds is 1. The van der Waals surface area contributed by atoms with Gasteiger partial charge in [-0.3, -0.25) is 4.98 Å². The van der Waals surface area contributed by atoms with E-state index in [0.29, 0.717) is 0 Å². The number of aromatic nitrogens is 1. The molecule has 3 heteroatoms.